The van der Waals surface area contributed by atoms with Gasteiger partial charge in [0.25, 0.3) is 5.91 Å². The second kappa shape index (κ2) is 11.2. The molecular formula is C28H27FN8O2. The topological polar surface area (TPSA) is 132 Å². The van der Waals surface area contributed by atoms with E-state index in [2.05, 4.69) is 30.6 Å². The van der Waals surface area contributed by atoms with E-state index in [1.807, 2.05) is 36.7 Å². The number of aromatic nitrogens is 5. The molecule has 0 saturated heterocycles. The van der Waals surface area contributed by atoms with Crippen molar-refractivity contribution in [3.05, 3.63) is 90.0 Å². The number of fused-ring (bicyclic) bond motifs is 1. The summed E-state index contributed by atoms with van der Waals surface area (Å²) < 4.78 is 21.3. The maximum Gasteiger partial charge on any atom is 0.274 e. The first-order valence-corrected chi connectivity index (χ1v) is 12.3. The Morgan fingerprint density at radius 2 is 1.82 bits per heavy atom. The lowest BCUT2D eigenvalue weighted by Crippen LogP contribution is -2.26. The van der Waals surface area contributed by atoms with Gasteiger partial charge >= 0.3 is 0 Å². The second-order valence-corrected chi connectivity index (χ2v) is 8.79. The molecule has 1 aromatic carbocycles. The van der Waals surface area contributed by atoms with Crippen LogP contribution < -0.4 is 21.1 Å². The molecule has 0 fully saturated rings. The predicted molar refractivity (Wildman–Crippen MR) is 146 cm³/mol. The Kier molecular flexibility index (Phi) is 7.41. The fraction of sp³-hybridized carbons (Fsp3) is 0.179. The monoisotopic (exact) mass is 526 g/mol. The number of hydrogen-bond donors (Lipinski definition) is 3. The van der Waals surface area contributed by atoms with Crippen LogP contribution in [0.5, 0.6) is 5.75 Å². The molecule has 0 aliphatic carbocycles. The number of nitrogens with two attached hydrogens (primary N) is 1. The zero-order chi connectivity index (χ0) is 27.4. The molecule has 0 saturated carbocycles. The first kappa shape index (κ1) is 25.7. The number of amides is 1. The number of halogens is 1. The van der Waals surface area contributed by atoms with Crippen LogP contribution in [-0.2, 0) is 6.54 Å². The van der Waals surface area contributed by atoms with Crippen LogP contribution in [0.15, 0.2) is 67.1 Å². The fourth-order valence-corrected chi connectivity index (χ4v) is 4.07. The van der Waals surface area contributed by atoms with Crippen molar-refractivity contribution < 1.29 is 13.9 Å². The molecule has 4 N–H and O–H groups in total. The summed E-state index contributed by atoms with van der Waals surface area (Å²) >= 11 is 0. The lowest BCUT2D eigenvalue weighted by atomic mass is 10.0. The van der Waals surface area contributed by atoms with Gasteiger partial charge in [0.05, 0.1) is 17.9 Å². The first-order chi connectivity index (χ1) is 18.9. The van der Waals surface area contributed by atoms with Gasteiger partial charge in [0.15, 0.2) is 11.5 Å². The second-order valence-electron chi connectivity index (χ2n) is 8.79. The smallest absolute Gasteiger partial charge is 0.274 e. The maximum atomic E-state index is 13.7. The number of nitrogens with zero attached hydrogens (tertiary/aromatic N) is 5. The molecule has 0 bridgehead atoms. The number of carbonyl (C=O) groups is 1. The number of hydrogen-bond acceptors (Lipinski definition) is 8. The average Bonchev–Trinajstić information content (AvgIpc) is 3.32. The number of ether oxygens (including phenoxy) is 1. The molecule has 5 aromatic rings. The molecule has 198 valence electrons. The van der Waals surface area contributed by atoms with Crippen LogP contribution in [0.4, 0.5) is 10.2 Å². The first-order valence-electron chi connectivity index (χ1n) is 12.3. The third-order valence-electron chi connectivity index (χ3n) is 6.09. The Morgan fingerprint density at radius 3 is 2.62 bits per heavy atom. The van der Waals surface area contributed by atoms with Crippen LogP contribution in [0.2, 0.25) is 0 Å². The van der Waals surface area contributed by atoms with E-state index in [-0.39, 0.29) is 23.9 Å². The Balaban J connectivity index is 1.50. The summed E-state index contributed by atoms with van der Waals surface area (Å²) in [4.78, 5) is 31.2. The summed E-state index contributed by atoms with van der Waals surface area (Å²) in [6.07, 6.45) is 5.27. The van der Waals surface area contributed by atoms with E-state index in [9.17, 15) is 9.18 Å². The molecule has 0 unspecified atom stereocenters. The van der Waals surface area contributed by atoms with Crippen molar-refractivity contribution in [1.29, 1.82) is 0 Å². The molecule has 10 nitrogen and oxygen atoms in total. The number of rotatable bonds is 9. The van der Waals surface area contributed by atoms with Gasteiger partial charge in [0.1, 0.15) is 29.5 Å². The summed E-state index contributed by atoms with van der Waals surface area (Å²) in [5.41, 5.74) is 10.6. The Hall–Kier alpha value is -4.90. The highest BCUT2D eigenvalue weighted by molar-refractivity contribution is 5.98. The van der Waals surface area contributed by atoms with Crippen molar-refractivity contribution in [3.8, 4) is 28.3 Å². The van der Waals surface area contributed by atoms with Crippen LogP contribution in [-0.4, -0.2) is 50.4 Å². The third-order valence-corrected chi connectivity index (χ3v) is 6.09. The SMILES string of the molecule is CNCCOc1cccnc1CNC(=O)c1nc(-c2ccc3ncc(C)n3c2)c(-c2ccc(F)cc2)nc1N. The largest absolute Gasteiger partial charge is 0.490 e. The number of anilines is 1. The standard InChI is InChI=1S/C28H27FN8O2/c1-17-14-33-23-10-7-19(16-37(17)23)25-24(18-5-8-20(29)9-6-18)36-27(30)26(35-25)28(38)34-15-21-22(4-3-11-32-21)39-13-12-31-2/h3-11,14,16,31H,12-13,15H2,1-2H3,(H2,30,36)(H,34,38). The van der Waals surface area contributed by atoms with Gasteiger partial charge in [-0.1, -0.05) is 0 Å². The molecular weight excluding hydrogens is 499 g/mol. The van der Waals surface area contributed by atoms with Crippen LogP contribution in [0.1, 0.15) is 21.9 Å². The normalized spacial score (nSPS) is 11.1. The van der Waals surface area contributed by atoms with Crippen molar-refractivity contribution in [2.24, 2.45) is 0 Å². The van der Waals surface area contributed by atoms with Gasteiger partial charge in [-0.2, -0.15) is 0 Å². The van der Waals surface area contributed by atoms with Crippen LogP contribution in [0.25, 0.3) is 28.2 Å². The van der Waals surface area contributed by atoms with Gasteiger partial charge in [-0.15, -0.1) is 0 Å². The highest BCUT2D eigenvalue weighted by Gasteiger charge is 2.21. The van der Waals surface area contributed by atoms with E-state index in [1.165, 1.54) is 12.1 Å². The van der Waals surface area contributed by atoms with Gasteiger partial charge in [-0.3, -0.25) is 9.78 Å². The van der Waals surface area contributed by atoms with E-state index in [0.29, 0.717) is 47.1 Å². The number of nitrogen functional groups attached to an aromatic ring is 1. The fourth-order valence-electron chi connectivity index (χ4n) is 4.07. The van der Waals surface area contributed by atoms with Gasteiger partial charge in [0.2, 0.25) is 0 Å². The van der Waals surface area contributed by atoms with Crippen LogP contribution in [0.3, 0.4) is 0 Å². The Morgan fingerprint density at radius 1 is 1.05 bits per heavy atom. The molecule has 5 rings (SSSR count). The predicted octanol–water partition coefficient (Wildman–Crippen LogP) is 3.41. The number of likely N-dealkylation sites (N-methyl/N-ethyl adjacent to an activating group) is 1. The van der Waals surface area contributed by atoms with E-state index >= 15 is 0 Å². The average molecular weight is 527 g/mol. The van der Waals surface area contributed by atoms with Gasteiger partial charge in [-0.25, -0.2) is 19.3 Å². The maximum absolute atomic E-state index is 13.7. The molecule has 0 aliphatic rings. The van der Waals surface area contributed by atoms with Gasteiger partial charge < -0.3 is 25.5 Å². The third kappa shape index (κ3) is 5.53. The van der Waals surface area contributed by atoms with E-state index in [1.54, 1.807) is 36.7 Å². The molecule has 39 heavy (non-hydrogen) atoms. The van der Waals surface area contributed by atoms with E-state index < -0.39 is 5.91 Å². The lowest BCUT2D eigenvalue weighted by molar-refractivity contribution is 0.0946. The minimum atomic E-state index is -0.515. The van der Waals surface area contributed by atoms with E-state index in [4.69, 9.17) is 10.5 Å². The minimum Gasteiger partial charge on any atom is -0.490 e. The van der Waals surface area contributed by atoms with Crippen molar-refractivity contribution in [3.63, 3.8) is 0 Å². The molecule has 0 aliphatic heterocycles. The van der Waals surface area contributed by atoms with Crippen molar-refractivity contribution >= 4 is 17.4 Å². The van der Waals surface area contributed by atoms with E-state index in [0.717, 1.165) is 11.3 Å². The molecule has 1 amide bonds. The van der Waals surface area contributed by atoms with Gasteiger partial charge in [0, 0.05) is 42.0 Å². The Labute approximate surface area is 224 Å². The number of imidazole rings is 1. The lowest BCUT2D eigenvalue weighted by Gasteiger charge is -2.14. The molecule has 4 aromatic heterocycles. The molecule has 0 radical (unpaired) electrons. The summed E-state index contributed by atoms with van der Waals surface area (Å²) in [7, 11) is 1.84. The summed E-state index contributed by atoms with van der Waals surface area (Å²) in [5, 5.41) is 5.84. The molecule has 4 heterocycles. The highest BCUT2D eigenvalue weighted by Crippen LogP contribution is 2.31. The number of carbonyl (C=O) groups excluding carboxylic acids is 1. The van der Waals surface area contributed by atoms with Crippen molar-refractivity contribution in [1.82, 2.24) is 35.0 Å². The summed E-state index contributed by atoms with van der Waals surface area (Å²) in [6, 6.07) is 13.1. The number of benzene rings is 1. The zero-order valence-corrected chi connectivity index (χ0v) is 21.5. The highest BCUT2D eigenvalue weighted by atomic mass is 19.1. The molecule has 0 spiro atoms. The summed E-state index contributed by atoms with van der Waals surface area (Å²) in [6.45, 7) is 3.16. The number of nitrogens with one attached hydrogen (secondary N) is 2. The van der Waals surface area contributed by atoms with Crippen LogP contribution >= 0.6 is 0 Å². The Bertz CT molecular complexity index is 1640. The van der Waals surface area contributed by atoms with Crippen molar-refractivity contribution in [2.75, 3.05) is 25.9 Å². The quantitative estimate of drug-likeness (QED) is 0.249. The molecule has 0 atom stereocenters. The zero-order valence-electron chi connectivity index (χ0n) is 21.5. The molecule has 11 heteroatoms. The summed E-state index contributed by atoms with van der Waals surface area (Å²) in [5.74, 6) is -0.374. The number of aryl methyl sites for hydroxylation is 1. The minimum absolute atomic E-state index is 0.0353. The number of pyridine rings is 2. The van der Waals surface area contributed by atoms with Crippen molar-refractivity contribution in [2.45, 2.75) is 13.5 Å². The van der Waals surface area contributed by atoms with Crippen LogP contribution in [0, 0.1) is 12.7 Å². The van der Waals surface area contributed by atoms with Gasteiger partial charge in [-0.05, 0) is 62.5 Å².